The summed E-state index contributed by atoms with van der Waals surface area (Å²) < 4.78 is 29.7. The molecule has 1 saturated heterocycles. The van der Waals surface area contributed by atoms with Crippen molar-refractivity contribution in [2.24, 2.45) is 0 Å². The van der Waals surface area contributed by atoms with E-state index in [4.69, 9.17) is 4.74 Å². The van der Waals surface area contributed by atoms with Crippen LogP contribution in [0.15, 0.2) is 66.7 Å². The topological polar surface area (TPSA) is 88.6 Å². The number of hydrogen-bond donors (Lipinski definition) is 1. The number of carbonyl (C=O) groups is 1. The van der Waals surface area contributed by atoms with E-state index in [1.54, 1.807) is 19.2 Å². The number of benzene rings is 3. The summed E-state index contributed by atoms with van der Waals surface area (Å²) in [6.45, 7) is 1.74. The number of thiazole rings is 1. The smallest absolute Gasteiger partial charge is 0.257 e. The van der Waals surface area contributed by atoms with Gasteiger partial charge in [-0.05, 0) is 35.4 Å². The molecule has 1 N–H and O–H groups in total. The van der Waals surface area contributed by atoms with Crippen molar-refractivity contribution >= 4 is 42.4 Å². The van der Waals surface area contributed by atoms with E-state index >= 15 is 0 Å². The molecule has 5 rings (SSSR count). The first-order chi connectivity index (χ1) is 16.9. The highest BCUT2D eigenvalue weighted by molar-refractivity contribution is 7.91. The van der Waals surface area contributed by atoms with Gasteiger partial charge in [-0.3, -0.25) is 15.0 Å². The second-order valence-corrected chi connectivity index (χ2v) is 11.8. The fourth-order valence-electron chi connectivity index (χ4n) is 4.14. The molecule has 0 unspecified atom stereocenters. The van der Waals surface area contributed by atoms with E-state index in [9.17, 15) is 13.2 Å². The summed E-state index contributed by atoms with van der Waals surface area (Å²) in [5.74, 6) is 0.824. The summed E-state index contributed by atoms with van der Waals surface area (Å²) in [6, 6.07) is 21.3. The maximum Gasteiger partial charge on any atom is 0.257 e. The Labute approximate surface area is 208 Å². The standard InChI is InChI=1S/C26H25N3O4S2/c1-33-22-12-11-21(19-5-3-2-4-6-19)24-23(22)27-26(34-24)28-25(30)20-9-7-18(8-10-20)17-29-13-15-35(31,32)16-14-29/h2-12H,13-17H2,1H3,(H,27,28,30). The van der Waals surface area contributed by atoms with Crippen LogP contribution in [0.3, 0.4) is 0 Å². The van der Waals surface area contributed by atoms with Crippen molar-refractivity contribution in [2.75, 3.05) is 37.0 Å². The SMILES string of the molecule is COc1ccc(-c2ccccc2)c2sc(NC(=O)c3ccc(CN4CCS(=O)(=O)CC4)cc3)nc12. The molecule has 0 saturated carbocycles. The molecule has 1 aromatic heterocycles. The quantitative estimate of drug-likeness (QED) is 0.415. The summed E-state index contributed by atoms with van der Waals surface area (Å²) in [4.78, 5) is 19.7. The van der Waals surface area contributed by atoms with Gasteiger partial charge in [0.1, 0.15) is 11.3 Å². The van der Waals surface area contributed by atoms with E-state index in [0.29, 0.717) is 41.6 Å². The van der Waals surface area contributed by atoms with Gasteiger partial charge >= 0.3 is 0 Å². The zero-order valence-corrected chi connectivity index (χ0v) is 20.9. The van der Waals surface area contributed by atoms with Gasteiger partial charge in [0.2, 0.25) is 0 Å². The minimum atomic E-state index is -2.90. The van der Waals surface area contributed by atoms with Gasteiger partial charge in [0, 0.05) is 30.8 Å². The average Bonchev–Trinajstić information content (AvgIpc) is 3.29. The summed E-state index contributed by atoms with van der Waals surface area (Å²) in [7, 11) is -1.29. The Balaban J connectivity index is 1.32. The van der Waals surface area contributed by atoms with Gasteiger partial charge in [-0.15, -0.1) is 0 Å². The van der Waals surface area contributed by atoms with Crippen molar-refractivity contribution in [1.82, 2.24) is 9.88 Å². The molecule has 180 valence electrons. The Morgan fingerprint density at radius 2 is 1.74 bits per heavy atom. The van der Waals surface area contributed by atoms with Gasteiger partial charge < -0.3 is 4.74 Å². The fraction of sp³-hybridized carbons (Fsp3) is 0.231. The molecule has 0 aliphatic carbocycles. The third-order valence-corrected chi connectivity index (χ3v) is 8.70. The van der Waals surface area contributed by atoms with Crippen molar-refractivity contribution in [1.29, 1.82) is 0 Å². The van der Waals surface area contributed by atoms with Crippen LogP contribution in [0.1, 0.15) is 15.9 Å². The van der Waals surface area contributed by atoms with E-state index in [1.807, 2.05) is 54.6 Å². The van der Waals surface area contributed by atoms with Crippen LogP contribution in [-0.4, -0.2) is 55.9 Å². The number of amides is 1. The number of sulfone groups is 1. The number of fused-ring (bicyclic) bond motifs is 1. The van der Waals surface area contributed by atoms with E-state index in [2.05, 4.69) is 15.2 Å². The average molecular weight is 508 g/mol. The molecule has 3 aromatic carbocycles. The lowest BCUT2D eigenvalue weighted by Crippen LogP contribution is -2.39. The van der Waals surface area contributed by atoms with Crippen LogP contribution >= 0.6 is 11.3 Å². The number of methoxy groups -OCH3 is 1. The summed E-state index contributed by atoms with van der Waals surface area (Å²) in [5, 5.41) is 3.43. The number of rotatable bonds is 6. The lowest BCUT2D eigenvalue weighted by molar-refractivity contribution is 0.102. The normalized spacial score (nSPS) is 15.7. The van der Waals surface area contributed by atoms with Crippen molar-refractivity contribution in [3.05, 3.63) is 77.9 Å². The highest BCUT2D eigenvalue weighted by atomic mass is 32.2. The van der Waals surface area contributed by atoms with Crippen molar-refractivity contribution in [3.63, 3.8) is 0 Å². The Bertz CT molecular complexity index is 1450. The molecule has 9 heteroatoms. The summed E-state index contributed by atoms with van der Waals surface area (Å²) in [6.07, 6.45) is 0. The largest absolute Gasteiger partial charge is 0.494 e. The van der Waals surface area contributed by atoms with Crippen LogP contribution in [-0.2, 0) is 16.4 Å². The minimum Gasteiger partial charge on any atom is -0.494 e. The van der Waals surface area contributed by atoms with E-state index in [1.165, 1.54) is 11.3 Å². The van der Waals surface area contributed by atoms with Gasteiger partial charge in [0.05, 0.1) is 23.3 Å². The van der Waals surface area contributed by atoms with Crippen LogP contribution in [0.2, 0.25) is 0 Å². The van der Waals surface area contributed by atoms with E-state index < -0.39 is 9.84 Å². The molecule has 35 heavy (non-hydrogen) atoms. The first-order valence-corrected chi connectivity index (χ1v) is 13.9. The van der Waals surface area contributed by atoms with Crippen LogP contribution in [0, 0.1) is 0 Å². The monoisotopic (exact) mass is 507 g/mol. The molecule has 1 aliphatic heterocycles. The predicted octanol–water partition coefficient (Wildman–Crippen LogP) is 4.45. The van der Waals surface area contributed by atoms with Gasteiger partial charge in [0.15, 0.2) is 15.0 Å². The predicted molar refractivity (Wildman–Crippen MR) is 140 cm³/mol. The number of nitrogens with one attached hydrogen (secondary N) is 1. The summed E-state index contributed by atoms with van der Waals surface area (Å²) in [5.41, 5.74) is 4.40. The zero-order valence-electron chi connectivity index (χ0n) is 19.2. The molecule has 1 aliphatic rings. The summed E-state index contributed by atoms with van der Waals surface area (Å²) >= 11 is 1.42. The van der Waals surface area contributed by atoms with Gasteiger partial charge in [0.25, 0.3) is 5.91 Å². The maximum absolute atomic E-state index is 12.9. The molecule has 1 fully saturated rings. The molecule has 0 spiro atoms. The highest BCUT2D eigenvalue weighted by Gasteiger charge is 2.21. The molecule has 0 atom stereocenters. The number of ether oxygens (including phenoxy) is 1. The third-order valence-electron chi connectivity index (χ3n) is 6.09. The second kappa shape index (κ2) is 9.77. The third kappa shape index (κ3) is 5.22. The first-order valence-electron chi connectivity index (χ1n) is 11.3. The van der Waals surface area contributed by atoms with Crippen LogP contribution in [0.5, 0.6) is 5.75 Å². The number of nitrogens with zero attached hydrogens (tertiary/aromatic N) is 2. The maximum atomic E-state index is 12.9. The molecule has 2 heterocycles. The number of carbonyl (C=O) groups excluding carboxylic acids is 1. The van der Waals surface area contributed by atoms with Crippen molar-refractivity contribution < 1.29 is 17.9 Å². The molecule has 4 aromatic rings. The van der Waals surface area contributed by atoms with Crippen LogP contribution in [0.4, 0.5) is 5.13 Å². The van der Waals surface area contributed by atoms with Crippen LogP contribution in [0.25, 0.3) is 21.3 Å². The lowest BCUT2D eigenvalue weighted by atomic mass is 10.1. The van der Waals surface area contributed by atoms with Crippen molar-refractivity contribution in [3.8, 4) is 16.9 Å². The highest BCUT2D eigenvalue weighted by Crippen LogP contribution is 2.39. The molecule has 0 radical (unpaired) electrons. The molecule has 1 amide bonds. The zero-order chi connectivity index (χ0) is 24.4. The molecular formula is C26H25N3O4S2. The van der Waals surface area contributed by atoms with Crippen molar-refractivity contribution in [2.45, 2.75) is 6.54 Å². The minimum absolute atomic E-state index is 0.201. The molecule has 7 nitrogen and oxygen atoms in total. The molecule has 0 bridgehead atoms. The lowest BCUT2D eigenvalue weighted by Gasteiger charge is -2.26. The Morgan fingerprint density at radius 3 is 2.43 bits per heavy atom. The Kier molecular flexibility index (Phi) is 6.55. The van der Waals surface area contributed by atoms with Gasteiger partial charge in [-0.1, -0.05) is 53.8 Å². The number of hydrogen-bond acceptors (Lipinski definition) is 7. The Hall–Kier alpha value is -3.27. The van der Waals surface area contributed by atoms with E-state index in [-0.39, 0.29) is 17.4 Å². The fourth-order valence-corrected chi connectivity index (χ4v) is 6.43. The Morgan fingerprint density at radius 1 is 1.03 bits per heavy atom. The van der Waals surface area contributed by atoms with E-state index in [0.717, 1.165) is 21.4 Å². The van der Waals surface area contributed by atoms with Gasteiger partial charge in [-0.25, -0.2) is 13.4 Å². The first kappa shape index (κ1) is 23.5. The number of aromatic nitrogens is 1. The molecular weight excluding hydrogens is 482 g/mol. The van der Waals surface area contributed by atoms with Crippen LogP contribution < -0.4 is 10.1 Å². The second-order valence-electron chi connectivity index (χ2n) is 8.46. The number of anilines is 1. The van der Waals surface area contributed by atoms with Gasteiger partial charge in [-0.2, -0.15) is 0 Å².